The standard InChI is InChI=1S/C27H22FN3O3/c1-2-33-27(32)18-5-3-17(4-6-18)25-14-23-26(34-25)22(9-11-30-23)19-7-8-24(20(13-19)15-29)31-12-10-21(28)16-31/h3-9,11,13-14,21H,2,10,12,16H2,1H3/t21-/m0/s1. The molecule has 5 rings (SSSR count). The summed E-state index contributed by atoms with van der Waals surface area (Å²) in [5.74, 6) is 0.254. The number of nitrogens with zero attached hydrogens (tertiary/aromatic N) is 3. The molecule has 1 aliphatic rings. The summed E-state index contributed by atoms with van der Waals surface area (Å²) in [6.07, 6.45) is 1.32. The highest BCUT2D eigenvalue weighted by Crippen LogP contribution is 2.36. The molecule has 4 aromatic rings. The van der Waals surface area contributed by atoms with E-state index in [1.54, 1.807) is 37.4 Å². The largest absolute Gasteiger partial charge is 0.462 e. The van der Waals surface area contributed by atoms with E-state index >= 15 is 0 Å². The molecule has 0 N–H and O–H groups in total. The Morgan fingerprint density at radius 2 is 2.00 bits per heavy atom. The third-order valence-electron chi connectivity index (χ3n) is 5.99. The van der Waals surface area contributed by atoms with Gasteiger partial charge in [-0.05, 0) is 49.2 Å². The zero-order valence-electron chi connectivity index (χ0n) is 18.6. The summed E-state index contributed by atoms with van der Waals surface area (Å²) in [6, 6.07) is 18.6. The number of carbonyl (C=O) groups excluding carboxylic acids is 1. The van der Waals surface area contributed by atoms with Crippen molar-refractivity contribution < 1.29 is 18.3 Å². The number of anilines is 1. The minimum Gasteiger partial charge on any atom is -0.462 e. The molecule has 0 aliphatic carbocycles. The van der Waals surface area contributed by atoms with Gasteiger partial charge in [-0.15, -0.1) is 0 Å². The number of carbonyl (C=O) groups is 1. The summed E-state index contributed by atoms with van der Waals surface area (Å²) < 4.78 is 24.9. The molecule has 6 nitrogen and oxygen atoms in total. The molecule has 0 saturated carbocycles. The number of pyridine rings is 1. The van der Waals surface area contributed by atoms with Crippen molar-refractivity contribution in [3.05, 3.63) is 71.9 Å². The molecule has 1 fully saturated rings. The fourth-order valence-corrected chi connectivity index (χ4v) is 4.30. The van der Waals surface area contributed by atoms with Crippen LogP contribution in [0.5, 0.6) is 0 Å². The van der Waals surface area contributed by atoms with E-state index in [0.29, 0.717) is 54.1 Å². The molecule has 170 valence electrons. The van der Waals surface area contributed by atoms with Crippen LogP contribution < -0.4 is 4.90 Å². The highest BCUT2D eigenvalue weighted by atomic mass is 19.1. The van der Waals surface area contributed by atoms with Crippen molar-refractivity contribution >= 4 is 22.8 Å². The smallest absolute Gasteiger partial charge is 0.338 e. The van der Waals surface area contributed by atoms with Crippen LogP contribution in [0.1, 0.15) is 29.3 Å². The van der Waals surface area contributed by atoms with Gasteiger partial charge in [0, 0.05) is 36.5 Å². The van der Waals surface area contributed by atoms with Crippen molar-refractivity contribution in [2.45, 2.75) is 19.5 Å². The first-order chi connectivity index (χ1) is 16.6. The highest BCUT2D eigenvalue weighted by Gasteiger charge is 2.24. The second-order valence-electron chi connectivity index (χ2n) is 8.16. The van der Waals surface area contributed by atoms with Gasteiger partial charge in [-0.1, -0.05) is 18.2 Å². The van der Waals surface area contributed by atoms with Gasteiger partial charge >= 0.3 is 5.97 Å². The van der Waals surface area contributed by atoms with Crippen molar-refractivity contribution in [3.63, 3.8) is 0 Å². The third-order valence-corrected chi connectivity index (χ3v) is 5.99. The third kappa shape index (κ3) is 3.99. The van der Waals surface area contributed by atoms with Crippen LogP contribution in [-0.2, 0) is 4.74 Å². The number of nitriles is 1. The molecule has 0 amide bonds. The van der Waals surface area contributed by atoms with Crippen molar-refractivity contribution in [2.75, 3.05) is 24.6 Å². The molecular weight excluding hydrogens is 433 g/mol. The summed E-state index contributed by atoms with van der Waals surface area (Å²) in [5, 5.41) is 9.74. The molecule has 7 heteroatoms. The Labute approximate surface area is 196 Å². The van der Waals surface area contributed by atoms with Crippen molar-refractivity contribution in [2.24, 2.45) is 0 Å². The van der Waals surface area contributed by atoms with Crippen molar-refractivity contribution in [1.29, 1.82) is 5.26 Å². The SMILES string of the molecule is CCOC(=O)c1ccc(-c2cc3nccc(-c4ccc(N5CC[C@H](F)C5)c(C#N)c4)c3o2)cc1. The maximum absolute atomic E-state index is 13.7. The Kier molecular flexibility index (Phi) is 5.72. The van der Waals surface area contributed by atoms with Gasteiger partial charge in [0.05, 0.1) is 23.4 Å². The van der Waals surface area contributed by atoms with E-state index in [9.17, 15) is 14.4 Å². The lowest BCUT2D eigenvalue weighted by molar-refractivity contribution is 0.0526. The molecule has 0 radical (unpaired) electrons. The number of alkyl halides is 1. The molecule has 2 aromatic carbocycles. The summed E-state index contributed by atoms with van der Waals surface area (Å²) in [5.41, 5.74) is 5.45. The van der Waals surface area contributed by atoms with E-state index in [2.05, 4.69) is 11.1 Å². The molecule has 0 unspecified atom stereocenters. The quantitative estimate of drug-likeness (QED) is 0.356. The first-order valence-electron chi connectivity index (χ1n) is 11.2. The number of benzene rings is 2. The number of esters is 1. The average molecular weight is 455 g/mol. The van der Waals surface area contributed by atoms with Crippen LogP contribution in [0, 0.1) is 11.3 Å². The number of hydrogen-bond donors (Lipinski definition) is 0. The normalized spacial score (nSPS) is 15.4. The van der Waals surface area contributed by atoms with Crippen LogP contribution in [0.2, 0.25) is 0 Å². The summed E-state index contributed by atoms with van der Waals surface area (Å²) in [4.78, 5) is 18.3. The number of halogens is 1. The topological polar surface area (TPSA) is 79.4 Å². The first-order valence-corrected chi connectivity index (χ1v) is 11.2. The maximum Gasteiger partial charge on any atom is 0.338 e. The van der Waals surface area contributed by atoms with Crippen LogP contribution in [0.3, 0.4) is 0 Å². The molecule has 1 atom stereocenters. The number of furan rings is 1. The molecule has 2 aromatic heterocycles. The van der Waals surface area contributed by atoms with Crippen LogP contribution in [0.15, 0.2) is 65.2 Å². The Morgan fingerprint density at radius 3 is 2.71 bits per heavy atom. The Hall–Kier alpha value is -4.18. The Balaban J connectivity index is 1.50. The van der Waals surface area contributed by atoms with Crippen molar-refractivity contribution in [3.8, 4) is 28.5 Å². The van der Waals surface area contributed by atoms with Crippen LogP contribution >= 0.6 is 0 Å². The van der Waals surface area contributed by atoms with E-state index < -0.39 is 6.17 Å². The lowest BCUT2D eigenvalue weighted by atomic mass is 10.0. The van der Waals surface area contributed by atoms with Gasteiger partial charge in [-0.2, -0.15) is 5.26 Å². The average Bonchev–Trinajstić information content (AvgIpc) is 3.50. The Bertz CT molecular complexity index is 1410. The van der Waals surface area contributed by atoms with E-state index in [1.165, 1.54) is 0 Å². The predicted molar refractivity (Wildman–Crippen MR) is 127 cm³/mol. The van der Waals surface area contributed by atoms with E-state index in [0.717, 1.165) is 22.4 Å². The van der Waals surface area contributed by atoms with Crippen molar-refractivity contribution in [1.82, 2.24) is 4.98 Å². The lowest BCUT2D eigenvalue weighted by Gasteiger charge is -2.19. The van der Waals surface area contributed by atoms with Gasteiger partial charge < -0.3 is 14.1 Å². The second kappa shape index (κ2) is 8.99. The monoisotopic (exact) mass is 455 g/mol. The minimum absolute atomic E-state index is 0.310. The number of fused-ring (bicyclic) bond motifs is 1. The molecule has 1 aliphatic heterocycles. The van der Waals surface area contributed by atoms with Crippen LogP contribution in [0.25, 0.3) is 33.6 Å². The molecular formula is C27H22FN3O3. The molecule has 0 spiro atoms. The Morgan fingerprint density at radius 1 is 1.21 bits per heavy atom. The number of hydrogen-bond acceptors (Lipinski definition) is 6. The highest BCUT2D eigenvalue weighted by molar-refractivity contribution is 5.94. The lowest BCUT2D eigenvalue weighted by Crippen LogP contribution is -2.20. The van der Waals surface area contributed by atoms with Gasteiger partial charge in [0.1, 0.15) is 23.5 Å². The summed E-state index contributed by atoms with van der Waals surface area (Å²) in [6.45, 7) is 3.00. The van der Waals surface area contributed by atoms with Gasteiger partial charge in [-0.3, -0.25) is 4.98 Å². The number of rotatable bonds is 5. The molecule has 0 bridgehead atoms. The number of ether oxygens (including phenoxy) is 1. The van der Waals surface area contributed by atoms with E-state index in [4.69, 9.17) is 9.15 Å². The van der Waals surface area contributed by atoms with E-state index in [1.807, 2.05) is 35.2 Å². The fraction of sp³-hybridized carbons (Fsp3) is 0.222. The van der Waals surface area contributed by atoms with Gasteiger partial charge in [0.25, 0.3) is 0 Å². The number of aromatic nitrogens is 1. The molecule has 1 saturated heterocycles. The van der Waals surface area contributed by atoms with Gasteiger partial charge in [-0.25, -0.2) is 9.18 Å². The fourth-order valence-electron chi connectivity index (χ4n) is 4.30. The van der Waals surface area contributed by atoms with Gasteiger partial charge in [0.15, 0.2) is 5.58 Å². The molecule has 3 heterocycles. The van der Waals surface area contributed by atoms with Gasteiger partial charge in [0.2, 0.25) is 0 Å². The molecule has 34 heavy (non-hydrogen) atoms. The van der Waals surface area contributed by atoms with Crippen LogP contribution in [-0.4, -0.2) is 36.8 Å². The zero-order chi connectivity index (χ0) is 23.7. The minimum atomic E-state index is -0.862. The van der Waals surface area contributed by atoms with Crippen LogP contribution in [0.4, 0.5) is 10.1 Å². The summed E-state index contributed by atoms with van der Waals surface area (Å²) >= 11 is 0. The zero-order valence-corrected chi connectivity index (χ0v) is 18.6. The maximum atomic E-state index is 13.7. The summed E-state index contributed by atoms with van der Waals surface area (Å²) in [7, 11) is 0. The predicted octanol–water partition coefficient (Wildman–Crippen LogP) is 5.76. The van der Waals surface area contributed by atoms with E-state index in [-0.39, 0.29) is 5.97 Å². The second-order valence-corrected chi connectivity index (χ2v) is 8.16. The first kappa shape index (κ1) is 21.7.